The summed E-state index contributed by atoms with van der Waals surface area (Å²) in [6.45, 7) is 3.06. The fourth-order valence-electron chi connectivity index (χ4n) is 3.35. The van der Waals surface area contributed by atoms with Gasteiger partial charge >= 0.3 is 0 Å². The summed E-state index contributed by atoms with van der Waals surface area (Å²) in [5, 5.41) is 1.79. The van der Waals surface area contributed by atoms with Gasteiger partial charge in [0.05, 0.1) is 6.04 Å². The summed E-state index contributed by atoms with van der Waals surface area (Å²) in [5.41, 5.74) is 7.30. The summed E-state index contributed by atoms with van der Waals surface area (Å²) in [6, 6.07) is 9.88. The van der Waals surface area contributed by atoms with Crippen molar-refractivity contribution in [1.82, 2.24) is 4.90 Å². The fraction of sp³-hybridized carbons (Fsp3) is 0.556. The topological polar surface area (TPSA) is 46.3 Å². The molecule has 1 aliphatic heterocycles. The van der Waals surface area contributed by atoms with E-state index in [4.69, 9.17) is 18.0 Å². The summed E-state index contributed by atoms with van der Waals surface area (Å²) in [6.07, 6.45) is 4.76. The van der Waals surface area contributed by atoms with Gasteiger partial charge in [0.15, 0.2) is 0 Å². The number of carbonyl (C=O) groups is 1. The van der Waals surface area contributed by atoms with Gasteiger partial charge in [-0.1, -0.05) is 49.5 Å². The average molecular weight is 318 g/mol. The van der Waals surface area contributed by atoms with Gasteiger partial charge < -0.3 is 10.6 Å². The molecule has 0 aliphatic carbocycles. The molecule has 22 heavy (non-hydrogen) atoms. The van der Waals surface area contributed by atoms with Gasteiger partial charge in [0.2, 0.25) is 5.91 Å². The Morgan fingerprint density at radius 2 is 2.18 bits per heavy atom. The molecular formula is C18H26N2OS. The molecular weight excluding hydrogens is 292 g/mol. The van der Waals surface area contributed by atoms with Crippen LogP contribution in [0.1, 0.15) is 38.2 Å². The van der Waals surface area contributed by atoms with Gasteiger partial charge in [0.25, 0.3) is 0 Å². The number of nitrogens with two attached hydrogens (primary N) is 1. The van der Waals surface area contributed by atoms with E-state index in [0.29, 0.717) is 18.4 Å². The number of hydrogen-bond donors (Lipinski definition) is 1. The second kappa shape index (κ2) is 8.39. The molecule has 1 fully saturated rings. The number of thiocarbonyl (C=S) groups is 1. The molecule has 0 bridgehead atoms. The van der Waals surface area contributed by atoms with Crippen LogP contribution in [0.2, 0.25) is 0 Å². The maximum absolute atomic E-state index is 12.7. The molecule has 0 aromatic heterocycles. The Labute approximate surface area is 138 Å². The smallest absolute Gasteiger partial charge is 0.240 e. The van der Waals surface area contributed by atoms with Gasteiger partial charge in [-0.2, -0.15) is 0 Å². The lowest BCUT2D eigenvalue weighted by Gasteiger charge is -2.31. The number of nitrogens with zero attached hydrogens (tertiary/aromatic N) is 1. The van der Waals surface area contributed by atoms with Crippen molar-refractivity contribution in [3.8, 4) is 0 Å². The van der Waals surface area contributed by atoms with Crippen LogP contribution in [0.15, 0.2) is 30.3 Å². The highest BCUT2D eigenvalue weighted by Crippen LogP contribution is 2.27. The first-order valence-corrected chi connectivity index (χ1v) is 8.64. The Morgan fingerprint density at radius 1 is 1.45 bits per heavy atom. The predicted molar refractivity (Wildman–Crippen MR) is 94.9 cm³/mol. The van der Waals surface area contributed by atoms with Crippen molar-refractivity contribution < 1.29 is 4.79 Å². The highest BCUT2D eigenvalue weighted by molar-refractivity contribution is 7.78. The zero-order valence-corrected chi connectivity index (χ0v) is 14.1. The van der Waals surface area contributed by atoms with E-state index in [1.54, 1.807) is 5.37 Å². The summed E-state index contributed by atoms with van der Waals surface area (Å²) in [4.78, 5) is 14.7. The normalized spacial score (nSPS) is 20.6. The summed E-state index contributed by atoms with van der Waals surface area (Å²) in [5.74, 6) is 0.579. The third-order valence-corrected chi connectivity index (χ3v) is 4.83. The molecule has 1 amide bonds. The first-order chi connectivity index (χ1) is 10.6. The van der Waals surface area contributed by atoms with Gasteiger partial charge in [-0.25, -0.2) is 0 Å². The summed E-state index contributed by atoms with van der Waals surface area (Å²) in [7, 11) is 0. The van der Waals surface area contributed by atoms with Crippen LogP contribution >= 0.6 is 12.2 Å². The largest absolute Gasteiger partial charge is 0.338 e. The fourth-order valence-corrected chi connectivity index (χ4v) is 3.49. The molecule has 120 valence electrons. The molecule has 0 radical (unpaired) electrons. The third-order valence-electron chi connectivity index (χ3n) is 4.59. The van der Waals surface area contributed by atoms with Gasteiger partial charge in [-0.15, -0.1) is 0 Å². The number of benzene rings is 1. The van der Waals surface area contributed by atoms with Crippen LogP contribution in [-0.2, 0) is 11.2 Å². The van der Waals surface area contributed by atoms with Crippen molar-refractivity contribution >= 4 is 23.5 Å². The average Bonchev–Trinajstić information content (AvgIpc) is 3.02. The Hall–Kier alpha value is -1.26. The molecule has 1 aromatic carbocycles. The molecule has 0 spiro atoms. The maximum Gasteiger partial charge on any atom is 0.240 e. The summed E-state index contributed by atoms with van der Waals surface area (Å²) < 4.78 is 0. The van der Waals surface area contributed by atoms with E-state index in [0.717, 1.165) is 37.8 Å². The number of rotatable bonds is 7. The predicted octanol–water partition coefficient (Wildman–Crippen LogP) is 2.96. The van der Waals surface area contributed by atoms with Crippen molar-refractivity contribution in [3.63, 3.8) is 0 Å². The van der Waals surface area contributed by atoms with Crippen LogP contribution in [0.4, 0.5) is 0 Å². The minimum atomic E-state index is -0.444. The first kappa shape index (κ1) is 17.1. The molecule has 3 nitrogen and oxygen atoms in total. The van der Waals surface area contributed by atoms with Crippen molar-refractivity contribution in [3.05, 3.63) is 35.9 Å². The van der Waals surface area contributed by atoms with E-state index >= 15 is 0 Å². The number of carbonyl (C=O) groups excluding carboxylic acids is 1. The molecule has 1 aliphatic rings. The summed E-state index contributed by atoms with van der Waals surface area (Å²) >= 11 is 4.92. The second-order valence-corrected chi connectivity index (χ2v) is 6.59. The van der Waals surface area contributed by atoms with Crippen LogP contribution in [0, 0.1) is 5.92 Å². The van der Waals surface area contributed by atoms with Crippen molar-refractivity contribution in [2.75, 3.05) is 6.54 Å². The molecule has 0 saturated carbocycles. The minimum absolute atomic E-state index is 0.0977. The highest BCUT2D eigenvalue weighted by Gasteiger charge is 2.34. The molecule has 4 heteroatoms. The van der Waals surface area contributed by atoms with Crippen molar-refractivity contribution in [2.45, 2.75) is 51.1 Å². The van der Waals surface area contributed by atoms with Gasteiger partial charge in [0, 0.05) is 12.6 Å². The highest BCUT2D eigenvalue weighted by atomic mass is 32.1. The number of amides is 1. The molecule has 1 aromatic rings. The Morgan fingerprint density at radius 3 is 2.86 bits per heavy atom. The second-order valence-electron chi connectivity index (χ2n) is 6.26. The molecule has 3 unspecified atom stereocenters. The van der Waals surface area contributed by atoms with Crippen molar-refractivity contribution in [1.29, 1.82) is 0 Å². The quantitative estimate of drug-likeness (QED) is 0.786. The van der Waals surface area contributed by atoms with E-state index in [-0.39, 0.29) is 5.91 Å². The first-order valence-electron chi connectivity index (χ1n) is 8.17. The number of hydrogen-bond acceptors (Lipinski definition) is 3. The Bertz CT molecular complexity index is 491. The van der Waals surface area contributed by atoms with Gasteiger partial charge in [-0.05, 0) is 49.0 Å². The zero-order chi connectivity index (χ0) is 15.9. The van der Waals surface area contributed by atoms with Crippen LogP contribution in [-0.4, -0.2) is 34.8 Å². The van der Waals surface area contributed by atoms with E-state index < -0.39 is 6.04 Å². The monoisotopic (exact) mass is 318 g/mol. The molecule has 2 rings (SSSR count). The Kier molecular flexibility index (Phi) is 6.52. The van der Waals surface area contributed by atoms with E-state index in [9.17, 15) is 4.79 Å². The third kappa shape index (κ3) is 4.37. The van der Waals surface area contributed by atoms with Gasteiger partial charge in [0.1, 0.15) is 0 Å². The van der Waals surface area contributed by atoms with Crippen LogP contribution in [0.5, 0.6) is 0 Å². The van der Waals surface area contributed by atoms with E-state index in [1.165, 1.54) is 0 Å². The lowest BCUT2D eigenvalue weighted by molar-refractivity contribution is -0.134. The van der Waals surface area contributed by atoms with Crippen LogP contribution in [0.3, 0.4) is 0 Å². The lowest BCUT2D eigenvalue weighted by Crippen LogP contribution is -2.48. The van der Waals surface area contributed by atoms with Crippen LogP contribution < -0.4 is 5.73 Å². The lowest BCUT2D eigenvalue weighted by atomic mass is 9.94. The van der Waals surface area contributed by atoms with Gasteiger partial charge in [-0.3, -0.25) is 4.79 Å². The molecule has 3 atom stereocenters. The molecule has 1 heterocycles. The van der Waals surface area contributed by atoms with E-state index in [2.05, 4.69) is 6.92 Å². The SMILES string of the molecule is CC(CCC=S)C1CCCN1C(=O)C(N)Cc1ccccc1. The van der Waals surface area contributed by atoms with Crippen LogP contribution in [0.25, 0.3) is 0 Å². The molecule has 1 saturated heterocycles. The Balaban J connectivity index is 1.96. The minimum Gasteiger partial charge on any atom is -0.338 e. The zero-order valence-electron chi connectivity index (χ0n) is 13.3. The van der Waals surface area contributed by atoms with E-state index in [1.807, 2.05) is 35.2 Å². The maximum atomic E-state index is 12.7. The number of likely N-dealkylation sites (tertiary alicyclic amines) is 1. The molecule has 2 N–H and O–H groups in total. The van der Waals surface area contributed by atoms with Crippen molar-refractivity contribution in [2.24, 2.45) is 11.7 Å². The standard InChI is InChI=1S/C18H26N2OS/c1-14(7-6-12-22)17-10-5-11-20(17)18(21)16(19)13-15-8-3-2-4-9-15/h2-4,8-9,12,14,16-17H,5-7,10-11,13,19H2,1H3.